The van der Waals surface area contributed by atoms with Gasteiger partial charge in [0.25, 0.3) is 0 Å². The molecule has 0 aliphatic rings. The maximum absolute atomic E-state index is 8.95. The largest absolute Gasteiger partial charge is 0.192 e. The van der Waals surface area contributed by atoms with Gasteiger partial charge in [-0.1, -0.05) is 33.8 Å². The average Bonchev–Trinajstić information content (AvgIpc) is 2.33. The SMILES string of the molecule is Cc1ccc(Sc2cc(Br)cc(C#N)c2)cc1C. The molecule has 0 amide bonds. The summed E-state index contributed by atoms with van der Waals surface area (Å²) in [5, 5.41) is 8.95. The predicted octanol–water partition coefficient (Wildman–Crippen LogP) is 5.09. The number of hydrogen-bond donors (Lipinski definition) is 0. The number of rotatable bonds is 2. The molecule has 0 fully saturated rings. The van der Waals surface area contributed by atoms with Gasteiger partial charge in [0.1, 0.15) is 0 Å². The van der Waals surface area contributed by atoms with E-state index in [2.05, 4.69) is 54.0 Å². The lowest BCUT2D eigenvalue weighted by Gasteiger charge is -2.06. The molecule has 90 valence electrons. The molecule has 2 aromatic rings. The minimum absolute atomic E-state index is 0.677. The van der Waals surface area contributed by atoms with Crippen LogP contribution in [-0.4, -0.2) is 0 Å². The van der Waals surface area contributed by atoms with Crippen LogP contribution in [0.2, 0.25) is 0 Å². The Morgan fingerprint density at radius 3 is 2.44 bits per heavy atom. The van der Waals surface area contributed by atoms with Crippen molar-refractivity contribution in [3.8, 4) is 6.07 Å². The molecule has 0 bridgehead atoms. The van der Waals surface area contributed by atoms with Crippen LogP contribution in [-0.2, 0) is 0 Å². The van der Waals surface area contributed by atoms with Gasteiger partial charge in [-0.05, 0) is 55.3 Å². The van der Waals surface area contributed by atoms with E-state index in [1.807, 2.05) is 18.2 Å². The third kappa shape index (κ3) is 3.16. The van der Waals surface area contributed by atoms with Crippen LogP contribution in [0.5, 0.6) is 0 Å². The Morgan fingerprint density at radius 2 is 1.78 bits per heavy atom. The molecular formula is C15H12BrNS. The molecule has 0 saturated carbocycles. The minimum Gasteiger partial charge on any atom is -0.192 e. The Balaban J connectivity index is 2.31. The standard InChI is InChI=1S/C15H12BrNS/c1-10-3-4-14(5-11(10)2)18-15-7-12(9-17)6-13(16)8-15/h3-8H,1-2H3. The van der Waals surface area contributed by atoms with Crippen molar-refractivity contribution in [1.82, 2.24) is 0 Å². The molecule has 1 nitrogen and oxygen atoms in total. The van der Waals surface area contributed by atoms with E-state index < -0.39 is 0 Å². The second kappa shape index (κ2) is 5.60. The number of benzene rings is 2. The fourth-order valence-corrected chi connectivity index (χ4v) is 3.26. The van der Waals surface area contributed by atoms with Gasteiger partial charge in [-0.25, -0.2) is 0 Å². The van der Waals surface area contributed by atoms with Gasteiger partial charge in [-0.3, -0.25) is 0 Å². The molecule has 18 heavy (non-hydrogen) atoms. The second-order valence-corrected chi connectivity index (χ2v) is 6.20. The first-order valence-corrected chi connectivity index (χ1v) is 7.15. The van der Waals surface area contributed by atoms with Crippen LogP contribution in [0.3, 0.4) is 0 Å². The zero-order valence-electron chi connectivity index (χ0n) is 10.2. The molecular weight excluding hydrogens is 306 g/mol. The highest BCUT2D eigenvalue weighted by Gasteiger charge is 2.03. The quantitative estimate of drug-likeness (QED) is 0.770. The molecule has 0 aliphatic carbocycles. The van der Waals surface area contributed by atoms with Crippen molar-refractivity contribution in [2.45, 2.75) is 23.6 Å². The first kappa shape index (κ1) is 13.2. The lowest BCUT2D eigenvalue weighted by molar-refractivity contribution is 1.27. The molecule has 0 spiro atoms. The lowest BCUT2D eigenvalue weighted by atomic mass is 10.1. The van der Waals surface area contributed by atoms with E-state index in [9.17, 15) is 0 Å². The maximum atomic E-state index is 8.95. The molecule has 0 saturated heterocycles. The van der Waals surface area contributed by atoms with E-state index in [0.717, 1.165) is 9.37 Å². The number of halogens is 1. The first-order chi connectivity index (χ1) is 8.58. The fourth-order valence-electron chi connectivity index (χ4n) is 1.60. The van der Waals surface area contributed by atoms with Crippen LogP contribution >= 0.6 is 27.7 Å². The third-order valence-electron chi connectivity index (χ3n) is 2.71. The van der Waals surface area contributed by atoms with E-state index in [4.69, 9.17) is 5.26 Å². The van der Waals surface area contributed by atoms with E-state index in [0.29, 0.717) is 5.56 Å². The summed E-state index contributed by atoms with van der Waals surface area (Å²) in [7, 11) is 0. The van der Waals surface area contributed by atoms with E-state index in [1.54, 1.807) is 11.8 Å². The molecule has 0 atom stereocenters. The second-order valence-electron chi connectivity index (χ2n) is 4.14. The predicted molar refractivity (Wildman–Crippen MR) is 78.9 cm³/mol. The van der Waals surface area contributed by atoms with Gasteiger partial charge in [0.2, 0.25) is 0 Å². The van der Waals surface area contributed by atoms with Gasteiger partial charge in [0.15, 0.2) is 0 Å². The van der Waals surface area contributed by atoms with Crippen LogP contribution in [0.4, 0.5) is 0 Å². The molecule has 2 aromatic carbocycles. The highest BCUT2D eigenvalue weighted by atomic mass is 79.9. The summed E-state index contributed by atoms with van der Waals surface area (Å²) < 4.78 is 0.938. The first-order valence-electron chi connectivity index (χ1n) is 5.54. The van der Waals surface area contributed by atoms with Crippen LogP contribution in [0.25, 0.3) is 0 Å². The normalized spacial score (nSPS) is 10.1. The summed E-state index contributed by atoms with van der Waals surface area (Å²) >= 11 is 5.10. The van der Waals surface area contributed by atoms with E-state index >= 15 is 0 Å². The Morgan fingerprint density at radius 1 is 1.00 bits per heavy atom. The summed E-state index contributed by atoms with van der Waals surface area (Å²) in [6.07, 6.45) is 0. The number of aryl methyl sites for hydroxylation is 2. The molecule has 0 radical (unpaired) electrons. The highest BCUT2D eigenvalue weighted by Crippen LogP contribution is 2.31. The van der Waals surface area contributed by atoms with Gasteiger partial charge in [0, 0.05) is 14.3 Å². The number of nitriles is 1. The molecule has 0 aliphatic heterocycles. The van der Waals surface area contributed by atoms with E-state index in [1.165, 1.54) is 16.0 Å². The maximum Gasteiger partial charge on any atom is 0.0992 e. The van der Waals surface area contributed by atoms with Gasteiger partial charge >= 0.3 is 0 Å². The summed E-state index contributed by atoms with van der Waals surface area (Å²) in [4.78, 5) is 2.27. The van der Waals surface area contributed by atoms with Gasteiger partial charge < -0.3 is 0 Å². The lowest BCUT2D eigenvalue weighted by Crippen LogP contribution is -1.82. The summed E-state index contributed by atoms with van der Waals surface area (Å²) in [5.74, 6) is 0. The van der Waals surface area contributed by atoms with Crippen molar-refractivity contribution in [2.24, 2.45) is 0 Å². The minimum atomic E-state index is 0.677. The molecule has 0 heterocycles. The van der Waals surface area contributed by atoms with Crippen molar-refractivity contribution in [2.75, 3.05) is 0 Å². The van der Waals surface area contributed by atoms with Crippen LogP contribution < -0.4 is 0 Å². The third-order valence-corrected chi connectivity index (χ3v) is 4.13. The van der Waals surface area contributed by atoms with Gasteiger partial charge in [-0.2, -0.15) is 5.26 Å². The molecule has 3 heteroatoms. The Hall–Kier alpha value is -1.24. The van der Waals surface area contributed by atoms with Gasteiger partial charge in [0.05, 0.1) is 11.6 Å². The fraction of sp³-hybridized carbons (Fsp3) is 0.133. The number of nitrogens with zero attached hydrogens (tertiary/aromatic N) is 1. The topological polar surface area (TPSA) is 23.8 Å². The Kier molecular flexibility index (Phi) is 4.11. The van der Waals surface area contributed by atoms with E-state index in [-0.39, 0.29) is 0 Å². The van der Waals surface area contributed by atoms with Gasteiger partial charge in [-0.15, -0.1) is 0 Å². The Bertz CT molecular complexity index is 629. The monoisotopic (exact) mass is 317 g/mol. The number of hydrogen-bond acceptors (Lipinski definition) is 2. The van der Waals surface area contributed by atoms with Crippen LogP contribution in [0, 0.1) is 25.2 Å². The average molecular weight is 318 g/mol. The summed E-state index contributed by atoms with van der Waals surface area (Å²) in [5.41, 5.74) is 3.26. The van der Waals surface area contributed by atoms with Crippen molar-refractivity contribution >= 4 is 27.7 Å². The zero-order chi connectivity index (χ0) is 13.1. The smallest absolute Gasteiger partial charge is 0.0992 e. The van der Waals surface area contributed by atoms with Crippen molar-refractivity contribution in [3.05, 3.63) is 57.6 Å². The molecule has 2 rings (SSSR count). The molecule has 0 N–H and O–H groups in total. The summed E-state index contributed by atoms with van der Waals surface area (Å²) in [6.45, 7) is 4.22. The van der Waals surface area contributed by atoms with Crippen molar-refractivity contribution < 1.29 is 0 Å². The molecule has 0 aromatic heterocycles. The Labute approximate surface area is 120 Å². The molecule has 0 unspecified atom stereocenters. The van der Waals surface area contributed by atoms with Crippen LogP contribution in [0.1, 0.15) is 16.7 Å². The van der Waals surface area contributed by atoms with Crippen LogP contribution in [0.15, 0.2) is 50.7 Å². The summed E-state index contributed by atoms with van der Waals surface area (Å²) in [6, 6.07) is 14.3. The highest BCUT2D eigenvalue weighted by molar-refractivity contribution is 9.10. The van der Waals surface area contributed by atoms with Crippen molar-refractivity contribution in [1.29, 1.82) is 5.26 Å². The zero-order valence-corrected chi connectivity index (χ0v) is 12.6. The van der Waals surface area contributed by atoms with Crippen molar-refractivity contribution in [3.63, 3.8) is 0 Å².